The number of pyridine rings is 1. The van der Waals surface area contributed by atoms with Crippen LogP contribution in [0.5, 0.6) is 11.5 Å². The highest BCUT2D eigenvalue weighted by Gasteiger charge is 2.23. The normalized spacial score (nSPS) is 10.5. The van der Waals surface area contributed by atoms with Gasteiger partial charge in [0.25, 0.3) is 0 Å². The van der Waals surface area contributed by atoms with Gasteiger partial charge in [-0.1, -0.05) is 23.2 Å². The van der Waals surface area contributed by atoms with Crippen LogP contribution in [0.2, 0.25) is 10.2 Å². The molecule has 0 bridgehead atoms. The lowest BCUT2D eigenvalue weighted by molar-refractivity contribution is 0.103. The third-order valence-electron chi connectivity index (χ3n) is 3.13. The minimum absolute atomic E-state index is 0.0737. The summed E-state index contributed by atoms with van der Waals surface area (Å²) < 4.78 is 11.1. The first-order valence-corrected chi connectivity index (χ1v) is 8.01. The summed E-state index contributed by atoms with van der Waals surface area (Å²) in [6.07, 6.45) is 1.52. The van der Waals surface area contributed by atoms with Crippen molar-refractivity contribution in [2.24, 2.45) is 0 Å². The van der Waals surface area contributed by atoms with Crippen molar-refractivity contribution in [3.8, 4) is 11.5 Å². The highest BCUT2D eigenvalue weighted by Crippen LogP contribution is 2.34. The van der Waals surface area contributed by atoms with E-state index in [1.807, 2.05) is 22.6 Å². The maximum Gasteiger partial charge on any atom is 0.198 e. The van der Waals surface area contributed by atoms with Gasteiger partial charge in [0.15, 0.2) is 17.3 Å². The van der Waals surface area contributed by atoms with Crippen molar-refractivity contribution in [2.45, 2.75) is 6.92 Å². The van der Waals surface area contributed by atoms with Gasteiger partial charge in [-0.3, -0.25) is 4.79 Å². The summed E-state index contributed by atoms with van der Waals surface area (Å²) in [4.78, 5) is 16.8. The number of rotatable bonds is 4. The molecule has 0 amide bonds. The molecule has 0 unspecified atom stereocenters. The molecule has 116 valence electrons. The fourth-order valence-corrected chi connectivity index (χ4v) is 2.91. The molecular weight excluding hydrogens is 440 g/mol. The molecule has 1 heterocycles. The van der Waals surface area contributed by atoms with Gasteiger partial charge in [0.2, 0.25) is 0 Å². The van der Waals surface area contributed by atoms with Gasteiger partial charge in [-0.25, -0.2) is 4.98 Å². The van der Waals surface area contributed by atoms with Crippen molar-refractivity contribution in [1.82, 2.24) is 4.98 Å². The maximum atomic E-state index is 12.8. The van der Waals surface area contributed by atoms with E-state index in [1.165, 1.54) is 20.4 Å². The van der Waals surface area contributed by atoms with Crippen LogP contribution in [-0.2, 0) is 0 Å². The summed E-state index contributed by atoms with van der Waals surface area (Å²) in [5, 5.41) is 0.365. The van der Waals surface area contributed by atoms with E-state index in [1.54, 1.807) is 19.1 Å². The standard InChI is InChI=1S/C15H12Cl2INO3/c1-7-4-10(21-2)11(22-3)5-8(7)14(20)12-13(16)9(18)6-19-15(12)17/h4-6H,1-3H3. The number of ketones is 1. The Bertz CT molecular complexity index is 750. The van der Waals surface area contributed by atoms with E-state index in [0.29, 0.717) is 25.7 Å². The quantitative estimate of drug-likeness (QED) is 0.388. The minimum Gasteiger partial charge on any atom is -0.493 e. The lowest BCUT2D eigenvalue weighted by atomic mass is 9.99. The number of nitrogens with zero attached hydrogens (tertiary/aromatic N) is 1. The Labute approximate surface area is 151 Å². The van der Waals surface area contributed by atoms with E-state index in [4.69, 9.17) is 32.7 Å². The van der Waals surface area contributed by atoms with Gasteiger partial charge in [-0.05, 0) is 47.2 Å². The van der Waals surface area contributed by atoms with Gasteiger partial charge < -0.3 is 9.47 Å². The van der Waals surface area contributed by atoms with Gasteiger partial charge in [-0.15, -0.1) is 0 Å². The fraction of sp³-hybridized carbons (Fsp3) is 0.200. The van der Waals surface area contributed by atoms with E-state index >= 15 is 0 Å². The van der Waals surface area contributed by atoms with E-state index in [-0.39, 0.29) is 16.5 Å². The molecule has 0 aliphatic carbocycles. The average Bonchev–Trinajstić information content (AvgIpc) is 2.50. The van der Waals surface area contributed by atoms with Gasteiger partial charge >= 0.3 is 0 Å². The van der Waals surface area contributed by atoms with Gasteiger partial charge in [-0.2, -0.15) is 0 Å². The molecule has 1 aromatic carbocycles. The molecule has 4 nitrogen and oxygen atoms in total. The zero-order valence-corrected chi connectivity index (χ0v) is 15.7. The molecule has 1 aromatic heterocycles. The zero-order valence-electron chi connectivity index (χ0n) is 12.0. The van der Waals surface area contributed by atoms with Crippen LogP contribution in [0.15, 0.2) is 18.3 Å². The smallest absolute Gasteiger partial charge is 0.198 e. The zero-order chi connectivity index (χ0) is 16.4. The molecule has 0 atom stereocenters. The number of halogens is 3. The molecule has 0 aliphatic heterocycles. The van der Waals surface area contributed by atoms with Crippen molar-refractivity contribution in [3.05, 3.63) is 48.8 Å². The van der Waals surface area contributed by atoms with Crippen molar-refractivity contribution < 1.29 is 14.3 Å². The summed E-state index contributed by atoms with van der Waals surface area (Å²) in [5.74, 6) is 0.705. The first kappa shape index (κ1) is 17.3. The second-order valence-corrected chi connectivity index (χ2v) is 6.34. The molecule has 0 radical (unpaired) electrons. The number of aromatic nitrogens is 1. The van der Waals surface area contributed by atoms with Crippen molar-refractivity contribution >= 4 is 51.6 Å². The molecular formula is C15H12Cl2INO3. The number of carbonyl (C=O) groups is 1. The second kappa shape index (κ2) is 7.02. The number of carbonyl (C=O) groups excluding carboxylic acids is 1. The second-order valence-electron chi connectivity index (χ2n) is 4.44. The summed E-state index contributed by atoms with van der Waals surface area (Å²) in [5.41, 5.74) is 1.35. The molecule has 7 heteroatoms. The van der Waals surface area contributed by atoms with Crippen LogP contribution in [-0.4, -0.2) is 25.0 Å². The van der Waals surface area contributed by atoms with E-state index < -0.39 is 0 Å². The van der Waals surface area contributed by atoms with Crippen LogP contribution in [0, 0.1) is 10.5 Å². The Hall–Kier alpha value is -1.05. The van der Waals surface area contributed by atoms with E-state index in [2.05, 4.69) is 4.98 Å². The summed E-state index contributed by atoms with van der Waals surface area (Å²) in [7, 11) is 3.05. The Morgan fingerprint density at radius 3 is 2.36 bits per heavy atom. The number of hydrogen-bond donors (Lipinski definition) is 0. The average molecular weight is 452 g/mol. The fourth-order valence-electron chi connectivity index (χ4n) is 2.00. The third kappa shape index (κ3) is 3.16. The van der Waals surface area contributed by atoms with E-state index in [9.17, 15) is 4.79 Å². The lowest BCUT2D eigenvalue weighted by Crippen LogP contribution is -2.08. The van der Waals surface area contributed by atoms with Crippen LogP contribution < -0.4 is 9.47 Å². The number of methoxy groups -OCH3 is 2. The minimum atomic E-state index is -0.306. The maximum absolute atomic E-state index is 12.8. The van der Waals surface area contributed by atoms with Crippen LogP contribution in [0.25, 0.3) is 0 Å². The molecule has 0 aliphatic rings. The Morgan fingerprint density at radius 2 is 1.77 bits per heavy atom. The van der Waals surface area contributed by atoms with Crippen LogP contribution in [0.1, 0.15) is 21.5 Å². The van der Waals surface area contributed by atoms with Crippen LogP contribution >= 0.6 is 45.8 Å². The molecule has 2 rings (SSSR count). The van der Waals surface area contributed by atoms with Gasteiger partial charge in [0.1, 0.15) is 5.15 Å². The number of benzene rings is 1. The topological polar surface area (TPSA) is 48.4 Å². The molecule has 0 fully saturated rings. The molecule has 22 heavy (non-hydrogen) atoms. The van der Waals surface area contributed by atoms with Crippen molar-refractivity contribution in [2.75, 3.05) is 14.2 Å². The van der Waals surface area contributed by atoms with Gasteiger partial charge in [0.05, 0.1) is 28.4 Å². The van der Waals surface area contributed by atoms with Crippen molar-refractivity contribution in [3.63, 3.8) is 0 Å². The lowest BCUT2D eigenvalue weighted by Gasteiger charge is -2.13. The van der Waals surface area contributed by atoms with E-state index in [0.717, 1.165) is 5.56 Å². The number of ether oxygens (including phenoxy) is 2. The summed E-state index contributed by atoms with van der Waals surface area (Å²) in [6, 6.07) is 3.35. The molecule has 0 saturated heterocycles. The Kier molecular flexibility index (Phi) is 5.52. The Morgan fingerprint density at radius 1 is 1.18 bits per heavy atom. The third-order valence-corrected chi connectivity index (χ3v) is 4.94. The summed E-state index contributed by atoms with van der Waals surface area (Å²) >= 11 is 14.3. The number of aryl methyl sites for hydroxylation is 1. The highest BCUT2D eigenvalue weighted by molar-refractivity contribution is 14.1. The summed E-state index contributed by atoms with van der Waals surface area (Å²) in [6.45, 7) is 1.80. The molecule has 0 saturated carbocycles. The first-order chi connectivity index (χ1) is 10.4. The van der Waals surface area contributed by atoms with Crippen molar-refractivity contribution in [1.29, 1.82) is 0 Å². The predicted molar refractivity (Wildman–Crippen MR) is 94.7 cm³/mol. The van der Waals surface area contributed by atoms with Crippen LogP contribution in [0.4, 0.5) is 0 Å². The Balaban J connectivity index is 2.62. The predicted octanol–water partition coefficient (Wildman–Crippen LogP) is 4.55. The SMILES string of the molecule is COc1cc(C)c(C(=O)c2c(Cl)ncc(I)c2Cl)cc1OC. The number of hydrogen-bond acceptors (Lipinski definition) is 4. The largest absolute Gasteiger partial charge is 0.493 e. The molecule has 0 spiro atoms. The molecule has 0 N–H and O–H groups in total. The molecule has 2 aromatic rings. The van der Waals surface area contributed by atoms with Gasteiger partial charge in [0, 0.05) is 11.8 Å². The first-order valence-electron chi connectivity index (χ1n) is 6.17. The monoisotopic (exact) mass is 451 g/mol. The van der Waals surface area contributed by atoms with Crippen LogP contribution in [0.3, 0.4) is 0 Å². The highest BCUT2D eigenvalue weighted by atomic mass is 127.